The van der Waals surface area contributed by atoms with Crippen LogP contribution >= 0.6 is 0 Å². The molecule has 0 aromatic heterocycles. The topological polar surface area (TPSA) is 44.5 Å². The molecule has 1 aliphatic rings. The highest BCUT2D eigenvalue weighted by atomic mass is 16.6. The molecule has 0 unspecified atom stereocenters. The van der Waals surface area contributed by atoms with Gasteiger partial charge in [-0.15, -0.1) is 0 Å². The van der Waals surface area contributed by atoms with Crippen molar-refractivity contribution in [3.05, 3.63) is 42.0 Å². The number of hydrogen-bond acceptors (Lipinski definition) is 3. The molecule has 1 heterocycles. The smallest absolute Gasteiger partial charge is 0.161 e. The first kappa shape index (κ1) is 11.0. The average Bonchev–Trinajstić information content (AvgIpc) is 2.38. The minimum absolute atomic E-state index is 0.608. The van der Waals surface area contributed by atoms with Crippen LogP contribution in [0, 0.1) is 6.92 Å². The lowest BCUT2D eigenvalue weighted by Crippen LogP contribution is -2.15. The summed E-state index contributed by atoms with van der Waals surface area (Å²) in [4.78, 5) is 0. The monoisotopic (exact) mass is 241 g/mol. The lowest BCUT2D eigenvalue weighted by Gasteiger charge is -2.19. The van der Waals surface area contributed by atoms with Gasteiger partial charge in [0.15, 0.2) is 11.5 Å². The van der Waals surface area contributed by atoms with E-state index in [2.05, 4.69) is 6.92 Å². The van der Waals surface area contributed by atoms with Gasteiger partial charge in [0.25, 0.3) is 0 Å². The number of anilines is 1. The summed E-state index contributed by atoms with van der Waals surface area (Å²) < 4.78 is 11.1. The van der Waals surface area contributed by atoms with Crippen LogP contribution in [-0.4, -0.2) is 13.2 Å². The van der Waals surface area contributed by atoms with Crippen molar-refractivity contribution >= 4 is 5.69 Å². The van der Waals surface area contributed by atoms with Crippen molar-refractivity contribution in [2.75, 3.05) is 18.9 Å². The molecule has 0 saturated carbocycles. The van der Waals surface area contributed by atoms with E-state index in [1.807, 2.05) is 36.4 Å². The Kier molecular flexibility index (Phi) is 2.59. The van der Waals surface area contributed by atoms with Crippen LogP contribution in [0.25, 0.3) is 11.1 Å². The van der Waals surface area contributed by atoms with Gasteiger partial charge in [-0.2, -0.15) is 0 Å². The molecule has 92 valence electrons. The molecule has 2 aromatic rings. The second-order valence-electron chi connectivity index (χ2n) is 4.43. The zero-order valence-electron chi connectivity index (χ0n) is 10.3. The summed E-state index contributed by atoms with van der Waals surface area (Å²) in [7, 11) is 0. The first-order valence-corrected chi connectivity index (χ1v) is 6.00. The van der Waals surface area contributed by atoms with Gasteiger partial charge in [0.05, 0.1) is 0 Å². The van der Waals surface area contributed by atoms with E-state index in [0.717, 1.165) is 28.3 Å². The predicted octanol–water partition coefficient (Wildman–Crippen LogP) is 3.02. The van der Waals surface area contributed by atoms with Crippen molar-refractivity contribution in [2.45, 2.75) is 6.92 Å². The fraction of sp³-hybridized carbons (Fsp3) is 0.200. The van der Waals surface area contributed by atoms with Gasteiger partial charge >= 0.3 is 0 Å². The number of rotatable bonds is 1. The van der Waals surface area contributed by atoms with Gasteiger partial charge in [-0.25, -0.2) is 0 Å². The maximum absolute atomic E-state index is 5.77. The molecule has 0 fully saturated rings. The quantitative estimate of drug-likeness (QED) is 0.780. The summed E-state index contributed by atoms with van der Waals surface area (Å²) in [6.07, 6.45) is 0. The lowest BCUT2D eigenvalue weighted by molar-refractivity contribution is 0.171. The van der Waals surface area contributed by atoms with Crippen LogP contribution in [0.15, 0.2) is 36.4 Å². The van der Waals surface area contributed by atoms with E-state index in [4.69, 9.17) is 15.2 Å². The molecule has 3 heteroatoms. The van der Waals surface area contributed by atoms with Gasteiger partial charge in [-0.3, -0.25) is 0 Å². The number of nitrogen functional groups attached to an aromatic ring is 1. The number of aryl methyl sites for hydroxylation is 1. The molecule has 0 atom stereocenters. The van der Waals surface area contributed by atoms with Gasteiger partial charge in [-0.05, 0) is 47.9 Å². The zero-order chi connectivity index (χ0) is 12.5. The maximum atomic E-state index is 5.77. The van der Waals surface area contributed by atoms with Crippen LogP contribution in [0.2, 0.25) is 0 Å². The second kappa shape index (κ2) is 4.26. The Bertz CT molecular complexity index is 593. The van der Waals surface area contributed by atoms with Crippen LogP contribution in [0.4, 0.5) is 5.69 Å². The summed E-state index contributed by atoms with van der Waals surface area (Å²) in [5.74, 6) is 1.63. The molecule has 0 spiro atoms. The van der Waals surface area contributed by atoms with Crippen LogP contribution in [0.5, 0.6) is 11.5 Å². The maximum Gasteiger partial charge on any atom is 0.161 e. The van der Waals surface area contributed by atoms with E-state index >= 15 is 0 Å². The minimum atomic E-state index is 0.608. The van der Waals surface area contributed by atoms with Crippen molar-refractivity contribution in [2.24, 2.45) is 0 Å². The summed E-state index contributed by atoms with van der Waals surface area (Å²) in [6.45, 7) is 3.28. The molecule has 0 bridgehead atoms. The van der Waals surface area contributed by atoms with Crippen molar-refractivity contribution < 1.29 is 9.47 Å². The summed E-state index contributed by atoms with van der Waals surface area (Å²) in [5, 5.41) is 0. The molecule has 1 aliphatic heterocycles. The van der Waals surface area contributed by atoms with Gasteiger partial charge in [-0.1, -0.05) is 12.1 Å². The van der Waals surface area contributed by atoms with Crippen LogP contribution in [-0.2, 0) is 0 Å². The van der Waals surface area contributed by atoms with Crippen LogP contribution in [0.3, 0.4) is 0 Å². The highest BCUT2D eigenvalue weighted by Crippen LogP contribution is 2.35. The summed E-state index contributed by atoms with van der Waals surface area (Å²) in [5.41, 5.74) is 10.0. The molecule has 0 saturated heterocycles. The van der Waals surface area contributed by atoms with Gasteiger partial charge < -0.3 is 15.2 Å². The number of benzene rings is 2. The SMILES string of the molecule is Cc1cc(N)ccc1-c1ccc2c(c1)OCCO2. The summed E-state index contributed by atoms with van der Waals surface area (Å²) >= 11 is 0. The van der Waals surface area contributed by atoms with E-state index in [0.29, 0.717) is 13.2 Å². The summed E-state index contributed by atoms with van der Waals surface area (Å²) in [6, 6.07) is 12.0. The van der Waals surface area contributed by atoms with Crippen molar-refractivity contribution in [1.29, 1.82) is 0 Å². The highest BCUT2D eigenvalue weighted by Gasteiger charge is 2.13. The van der Waals surface area contributed by atoms with Crippen molar-refractivity contribution in [3.8, 4) is 22.6 Å². The highest BCUT2D eigenvalue weighted by molar-refractivity contribution is 5.72. The Morgan fingerprint density at radius 2 is 1.72 bits per heavy atom. The van der Waals surface area contributed by atoms with E-state index in [9.17, 15) is 0 Å². The van der Waals surface area contributed by atoms with Gasteiger partial charge in [0, 0.05) is 5.69 Å². The third kappa shape index (κ3) is 1.88. The predicted molar refractivity (Wildman–Crippen MR) is 72.0 cm³/mol. The number of fused-ring (bicyclic) bond motifs is 1. The first-order valence-electron chi connectivity index (χ1n) is 6.00. The minimum Gasteiger partial charge on any atom is -0.486 e. The Hall–Kier alpha value is -2.16. The Labute approximate surface area is 106 Å². The van der Waals surface area contributed by atoms with Crippen molar-refractivity contribution in [1.82, 2.24) is 0 Å². The Balaban J connectivity index is 2.06. The fourth-order valence-electron chi connectivity index (χ4n) is 2.22. The normalized spacial score (nSPS) is 13.4. The molecule has 0 radical (unpaired) electrons. The fourth-order valence-corrected chi connectivity index (χ4v) is 2.22. The first-order chi connectivity index (χ1) is 8.74. The van der Waals surface area contributed by atoms with E-state index < -0.39 is 0 Å². The zero-order valence-corrected chi connectivity index (χ0v) is 10.3. The molecular weight excluding hydrogens is 226 g/mol. The molecule has 3 rings (SSSR count). The second-order valence-corrected chi connectivity index (χ2v) is 4.43. The Morgan fingerprint density at radius 3 is 2.50 bits per heavy atom. The van der Waals surface area contributed by atoms with E-state index in [-0.39, 0.29) is 0 Å². The number of nitrogens with two attached hydrogens (primary N) is 1. The van der Waals surface area contributed by atoms with Gasteiger partial charge in [0.1, 0.15) is 13.2 Å². The molecule has 0 aliphatic carbocycles. The van der Waals surface area contributed by atoms with Crippen LogP contribution < -0.4 is 15.2 Å². The van der Waals surface area contributed by atoms with E-state index in [1.54, 1.807) is 0 Å². The largest absolute Gasteiger partial charge is 0.486 e. The number of ether oxygens (including phenoxy) is 2. The molecular formula is C15H15NO2. The standard InChI is InChI=1S/C15H15NO2/c1-10-8-12(16)3-4-13(10)11-2-5-14-15(9-11)18-7-6-17-14/h2-5,8-9H,6-7,16H2,1H3. The van der Waals surface area contributed by atoms with Crippen molar-refractivity contribution in [3.63, 3.8) is 0 Å². The molecule has 2 aromatic carbocycles. The molecule has 0 amide bonds. The number of hydrogen-bond donors (Lipinski definition) is 1. The molecule has 3 nitrogen and oxygen atoms in total. The van der Waals surface area contributed by atoms with E-state index in [1.165, 1.54) is 5.56 Å². The lowest BCUT2D eigenvalue weighted by atomic mass is 9.99. The third-order valence-electron chi connectivity index (χ3n) is 3.10. The average molecular weight is 241 g/mol. The van der Waals surface area contributed by atoms with Crippen LogP contribution in [0.1, 0.15) is 5.56 Å². The molecule has 2 N–H and O–H groups in total. The van der Waals surface area contributed by atoms with Gasteiger partial charge in [0.2, 0.25) is 0 Å². The Morgan fingerprint density at radius 1 is 0.944 bits per heavy atom. The molecule has 18 heavy (non-hydrogen) atoms. The third-order valence-corrected chi connectivity index (χ3v) is 3.10.